The summed E-state index contributed by atoms with van der Waals surface area (Å²) in [4.78, 5) is 15.1. The highest BCUT2D eigenvalue weighted by molar-refractivity contribution is 9.11. The third-order valence-electron chi connectivity index (χ3n) is 3.83. The van der Waals surface area contributed by atoms with Crippen LogP contribution in [0, 0.1) is 18.3 Å². The molecular weight excluding hydrogens is 448 g/mol. The fourth-order valence-corrected chi connectivity index (χ4v) is 3.77. The van der Waals surface area contributed by atoms with Gasteiger partial charge in [0.05, 0.1) is 10.2 Å². The van der Waals surface area contributed by atoms with Crippen LogP contribution in [-0.4, -0.2) is 10.1 Å². The van der Waals surface area contributed by atoms with Crippen LogP contribution < -0.4 is 5.56 Å². The van der Waals surface area contributed by atoms with Crippen molar-refractivity contribution in [3.05, 3.63) is 72.9 Å². The number of nitriles is 1. The minimum atomic E-state index is -0.494. The first-order valence-corrected chi connectivity index (χ1v) is 8.92. The van der Waals surface area contributed by atoms with E-state index in [0.29, 0.717) is 21.3 Å². The van der Waals surface area contributed by atoms with Crippen LogP contribution in [-0.2, 0) is 0 Å². The Morgan fingerprint density at radius 3 is 2.40 bits per heavy atom. The molecule has 3 rings (SSSR count). The van der Waals surface area contributed by atoms with Gasteiger partial charge in [0.15, 0.2) is 0 Å². The minimum Gasteiger partial charge on any atom is -0.506 e. The first-order chi connectivity index (χ1) is 11.9. The number of phenolic OH excluding ortho intramolecular Hbond substituents is 1. The highest BCUT2D eigenvalue weighted by atomic mass is 79.9. The molecule has 0 saturated heterocycles. The molecule has 0 spiro atoms. The molecule has 0 aliphatic carbocycles. The molecule has 2 N–H and O–H groups in total. The Morgan fingerprint density at radius 2 is 1.76 bits per heavy atom. The molecule has 0 unspecified atom stereocenters. The third kappa shape index (κ3) is 3.39. The standard InChI is InChI=1S/C19H12Br2N2O2/c1-10-2-4-11(5-3-10)13-8-17(23-19(25)15(13)9-22)14-6-12(20)7-16(21)18(14)24/h2-8,24H,1H3,(H,23,25). The van der Waals surface area contributed by atoms with E-state index in [4.69, 9.17) is 0 Å². The summed E-state index contributed by atoms with van der Waals surface area (Å²) in [5, 5.41) is 19.7. The molecule has 0 aliphatic heterocycles. The van der Waals surface area contributed by atoms with Crippen LogP contribution in [0.3, 0.4) is 0 Å². The van der Waals surface area contributed by atoms with Gasteiger partial charge < -0.3 is 10.1 Å². The van der Waals surface area contributed by atoms with E-state index in [0.717, 1.165) is 15.6 Å². The van der Waals surface area contributed by atoms with Crippen molar-refractivity contribution in [3.8, 4) is 34.2 Å². The molecule has 0 amide bonds. The Hall–Kier alpha value is -2.36. The molecule has 25 heavy (non-hydrogen) atoms. The van der Waals surface area contributed by atoms with Crippen LogP contribution >= 0.6 is 31.9 Å². The van der Waals surface area contributed by atoms with E-state index < -0.39 is 5.56 Å². The van der Waals surface area contributed by atoms with E-state index >= 15 is 0 Å². The van der Waals surface area contributed by atoms with Crippen LogP contribution in [0.1, 0.15) is 11.1 Å². The van der Waals surface area contributed by atoms with Crippen molar-refractivity contribution in [2.75, 3.05) is 0 Å². The molecule has 6 heteroatoms. The monoisotopic (exact) mass is 458 g/mol. The number of aryl methyl sites for hydroxylation is 1. The Kier molecular flexibility index (Phi) is 4.80. The lowest BCUT2D eigenvalue weighted by Gasteiger charge is -2.11. The average molecular weight is 460 g/mol. The molecule has 124 valence electrons. The van der Waals surface area contributed by atoms with E-state index in [-0.39, 0.29) is 11.3 Å². The summed E-state index contributed by atoms with van der Waals surface area (Å²) in [6, 6.07) is 14.7. The number of aromatic amines is 1. The maximum atomic E-state index is 12.4. The van der Waals surface area contributed by atoms with Gasteiger partial charge in [-0.25, -0.2) is 0 Å². The zero-order valence-corrected chi connectivity index (χ0v) is 16.3. The lowest BCUT2D eigenvalue weighted by atomic mass is 9.98. The van der Waals surface area contributed by atoms with Gasteiger partial charge in [-0.2, -0.15) is 5.26 Å². The van der Waals surface area contributed by atoms with Crippen molar-refractivity contribution in [2.45, 2.75) is 6.92 Å². The van der Waals surface area contributed by atoms with Crippen LogP contribution in [0.15, 0.2) is 56.2 Å². The Balaban J connectivity index is 2.30. The number of nitrogens with zero attached hydrogens (tertiary/aromatic N) is 1. The molecule has 1 heterocycles. The zero-order chi connectivity index (χ0) is 18.1. The number of H-pyrrole nitrogens is 1. The van der Waals surface area contributed by atoms with E-state index in [1.54, 1.807) is 18.2 Å². The first-order valence-electron chi connectivity index (χ1n) is 7.33. The van der Waals surface area contributed by atoms with E-state index in [1.807, 2.05) is 37.3 Å². The molecule has 0 fully saturated rings. The van der Waals surface area contributed by atoms with Crippen LogP contribution in [0.4, 0.5) is 0 Å². The number of benzene rings is 2. The van der Waals surface area contributed by atoms with E-state index in [9.17, 15) is 15.2 Å². The van der Waals surface area contributed by atoms with Gasteiger partial charge in [0.25, 0.3) is 5.56 Å². The van der Waals surface area contributed by atoms with Crippen molar-refractivity contribution < 1.29 is 5.11 Å². The zero-order valence-electron chi connectivity index (χ0n) is 13.1. The molecule has 1 aromatic heterocycles. The molecule has 2 aromatic carbocycles. The SMILES string of the molecule is Cc1ccc(-c2cc(-c3cc(Br)cc(Br)c3O)[nH]c(=O)c2C#N)cc1. The van der Waals surface area contributed by atoms with Gasteiger partial charge in [0, 0.05) is 15.6 Å². The predicted molar refractivity (Wildman–Crippen MR) is 104 cm³/mol. The van der Waals surface area contributed by atoms with E-state index in [1.165, 1.54) is 0 Å². The summed E-state index contributed by atoms with van der Waals surface area (Å²) in [5.74, 6) is 0.0124. The minimum absolute atomic E-state index is 0.0124. The number of hydrogen-bond acceptors (Lipinski definition) is 3. The van der Waals surface area contributed by atoms with Crippen molar-refractivity contribution in [2.24, 2.45) is 0 Å². The average Bonchev–Trinajstić information content (AvgIpc) is 2.58. The molecular formula is C19H12Br2N2O2. The second-order valence-corrected chi connectivity index (χ2v) is 7.33. The van der Waals surface area contributed by atoms with Gasteiger partial charge in [-0.15, -0.1) is 0 Å². The highest BCUT2D eigenvalue weighted by Crippen LogP contribution is 2.38. The van der Waals surface area contributed by atoms with Crippen LogP contribution in [0.25, 0.3) is 22.4 Å². The lowest BCUT2D eigenvalue weighted by molar-refractivity contribution is 0.473. The van der Waals surface area contributed by atoms with Gasteiger partial charge in [-0.3, -0.25) is 4.79 Å². The Labute approximate surface area is 161 Å². The number of phenols is 1. The first kappa shape index (κ1) is 17.5. The Bertz CT molecular complexity index is 1060. The number of pyridine rings is 1. The van der Waals surface area contributed by atoms with Crippen molar-refractivity contribution >= 4 is 31.9 Å². The summed E-state index contributed by atoms with van der Waals surface area (Å²) in [7, 11) is 0. The largest absolute Gasteiger partial charge is 0.506 e. The van der Waals surface area contributed by atoms with E-state index in [2.05, 4.69) is 36.8 Å². The predicted octanol–water partition coefficient (Wildman–Crippen LogP) is 5.12. The fraction of sp³-hybridized carbons (Fsp3) is 0.0526. The van der Waals surface area contributed by atoms with Crippen molar-refractivity contribution in [1.29, 1.82) is 5.26 Å². The van der Waals surface area contributed by atoms with Crippen LogP contribution in [0.5, 0.6) is 5.75 Å². The Morgan fingerprint density at radius 1 is 1.08 bits per heavy atom. The molecule has 3 aromatic rings. The van der Waals surface area contributed by atoms with Gasteiger partial charge in [0.2, 0.25) is 0 Å². The van der Waals surface area contributed by atoms with Crippen LogP contribution in [0.2, 0.25) is 0 Å². The molecule has 0 aliphatic rings. The topological polar surface area (TPSA) is 76.9 Å². The normalized spacial score (nSPS) is 10.5. The molecule has 4 nitrogen and oxygen atoms in total. The quantitative estimate of drug-likeness (QED) is 0.558. The highest BCUT2D eigenvalue weighted by Gasteiger charge is 2.16. The second kappa shape index (κ2) is 6.87. The van der Waals surface area contributed by atoms with Gasteiger partial charge in [-0.1, -0.05) is 45.8 Å². The van der Waals surface area contributed by atoms with Gasteiger partial charge in [-0.05, 0) is 46.6 Å². The lowest BCUT2D eigenvalue weighted by Crippen LogP contribution is -2.12. The maximum absolute atomic E-state index is 12.4. The number of aromatic hydroxyl groups is 1. The fourth-order valence-electron chi connectivity index (χ4n) is 2.55. The summed E-state index contributed by atoms with van der Waals surface area (Å²) < 4.78 is 1.24. The van der Waals surface area contributed by atoms with Gasteiger partial charge in [0.1, 0.15) is 17.4 Å². The van der Waals surface area contributed by atoms with Crippen molar-refractivity contribution in [1.82, 2.24) is 4.98 Å². The molecule has 0 bridgehead atoms. The maximum Gasteiger partial charge on any atom is 0.266 e. The molecule has 0 radical (unpaired) electrons. The number of nitrogens with one attached hydrogen (secondary N) is 1. The molecule has 0 atom stereocenters. The third-order valence-corrected chi connectivity index (χ3v) is 4.89. The molecule has 0 saturated carbocycles. The number of rotatable bonds is 2. The summed E-state index contributed by atoms with van der Waals surface area (Å²) in [6.07, 6.45) is 0. The number of halogens is 2. The summed E-state index contributed by atoms with van der Waals surface area (Å²) in [5.41, 5.74) is 2.81. The smallest absolute Gasteiger partial charge is 0.266 e. The summed E-state index contributed by atoms with van der Waals surface area (Å²) in [6.45, 7) is 1.97. The second-order valence-electron chi connectivity index (χ2n) is 5.56. The van der Waals surface area contributed by atoms with Crippen molar-refractivity contribution in [3.63, 3.8) is 0 Å². The number of aromatic nitrogens is 1. The van der Waals surface area contributed by atoms with Gasteiger partial charge >= 0.3 is 0 Å². The number of hydrogen-bond donors (Lipinski definition) is 2. The summed E-state index contributed by atoms with van der Waals surface area (Å²) >= 11 is 6.66.